The molecule has 0 aliphatic rings. The second-order valence-electron chi connectivity index (χ2n) is 5.74. The van der Waals surface area contributed by atoms with Gasteiger partial charge in [-0.2, -0.15) is 0 Å². The molecular formula is C15H16BrN3O. The molecule has 0 aliphatic carbocycles. The lowest BCUT2D eigenvalue weighted by Crippen LogP contribution is -2.27. The normalized spacial score (nSPS) is 12.0. The Kier molecular flexibility index (Phi) is 3.09. The van der Waals surface area contributed by atoms with E-state index in [1.54, 1.807) is 6.26 Å². The minimum absolute atomic E-state index is 0.0698. The minimum atomic E-state index is -0.0698. The number of fused-ring (bicyclic) bond motifs is 1. The third-order valence-electron chi connectivity index (χ3n) is 2.83. The molecule has 3 heterocycles. The van der Waals surface area contributed by atoms with E-state index in [-0.39, 0.29) is 5.54 Å². The molecule has 0 aliphatic heterocycles. The first kappa shape index (κ1) is 13.2. The Balaban J connectivity index is 2.25. The van der Waals surface area contributed by atoms with E-state index in [0.29, 0.717) is 0 Å². The van der Waals surface area contributed by atoms with E-state index in [1.807, 2.05) is 34.9 Å². The quantitative estimate of drug-likeness (QED) is 0.747. The molecule has 0 saturated carbocycles. The van der Waals surface area contributed by atoms with Crippen molar-refractivity contribution in [3.05, 3.63) is 41.2 Å². The van der Waals surface area contributed by atoms with Crippen LogP contribution in [0.2, 0.25) is 0 Å². The number of halogens is 1. The molecule has 0 spiro atoms. The molecule has 104 valence electrons. The predicted octanol–water partition coefficient (Wildman–Crippen LogP) is 4.57. The summed E-state index contributed by atoms with van der Waals surface area (Å²) in [7, 11) is 0. The van der Waals surface area contributed by atoms with Gasteiger partial charge in [0.25, 0.3) is 0 Å². The van der Waals surface area contributed by atoms with Gasteiger partial charge in [0.1, 0.15) is 17.2 Å². The summed E-state index contributed by atoms with van der Waals surface area (Å²) in [6.07, 6.45) is 3.67. The molecule has 4 nitrogen and oxygen atoms in total. The van der Waals surface area contributed by atoms with Gasteiger partial charge < -0.3 is 9.73 Å². The first-order valence-corrected chi connectivity index (χ1v) is 7.23. The van der Waals surface area contributed by atoms with Crippen molar-refractivity contribution in [3.8, 4) is 11.5 Å². The van der Waals surface area contributed by atoms with Crippen LogP contribution in [0.5, 0.6) is 0 Å². The van der Waals surface area contributed by atoms with Gasteiger partial charge >= 0.3 is 0 Å². The Hall–Kier alpha value is -1.75. The van der Waals surface area contributed by atoms with Crippen molar-refractivity contribution >= 4 is 27.4 Å². The highest BCUT2D eigenvalue weighted by atomic mass is 79.9. The second-order valence-corrected chi connectivity index (χ2v) is 6.65. The molecule has 0 bridgehead atoms. The van der Waals surface area contributed by atoms with Crippen LogP contribution in [0.15, 0.2) is 45.6 Å². The van der Waals surface area contributed by atoms with Crippen molar-refractivity contribution in [2.45, 2.75) is 26.3 Å². The van der Waals surface area contributed by atoms with Gasteiger partial charge in [-0.15, -0.1) is 0 Å². The Morgan fingerprint density at radius 2 is 2.05 bits per heavy atom. The van der Waals surface area contributed by atoms with Crippen LogP contribution in [0.3, 0.4) is 0 Å². The van der Waals surface area contributed by atoms with E-state index in [2.05, 4.69) is 47.0 Å². The Bertz CT molecular complexity index is 738. The van der Waals surface area contributed by atoms with Crippen LogP contribution in [0.4, 0.5) is 5.82 Å². The van der Waals surface area contributed by atoms with Gasteiger partial charge in [0.05, 0.1) is 6.26 Å². The Morgan fingerprint density at radius 1 is 1.25 bits per heavy atom. The summed E-state index contributed by atoms with van der Waals surface area (Å²) >= 11 is 3.50. The van der Waals surface area contributed by atoms with Crippen molar-refractivity contribution in [1.82, 2.24) is 9.38 Å². The molecular weight excluding hydrogens is 318 g/mol. The first-order valence-electron chi connectivity index (χ1n) is 6.44. The average molecular weight is 334 g/mol. The number of anilines is 1. The maximum absolute atomic E-state index is 5.51. The van der Waals surface area contributed by atoms with E-state index in [0.717, 1.165) is 27.4 Å². The molecule has 0 fully saturated rings. The van der Waals surface area contributed by atoms with Crippen LogP contribution >= 0.6 is 15.9 Å². The number of nitrogens with one attached hydrogen (secondary N) is 1. The third-order valence-corrected chi connectivity index (χ3v) is 3.30. The molecule has 20 heavy (non-hydrogen) atoms. The number of hydrogen-bond acceptors (Lipinski definition) is 3. The lowest BCUT2D eigenvalue weighted by molar-refractivity contribution is 0.579. The fraction of sp³-hybridized carbons (Fsp3) is 0.267. The zero-order valence-corrected chi connectivity index (χ0v) is 13.2. The molecule has 0 amide bonds. The van der Waals surface area contributed by atoms with Crippen LogP contribution in [-0.2, 0) is 0 Å². The van der Waals surface area contributed by atoms with Crippen molar-refractivity contribution in [1.29, 1.82) is 0 Å². The number of imidazole rings is 1. The maximum Gasteiger partial charge on any atom is 0.156 e. The number of rotatable bonds is 2. The van der Waals surface area contributed by atoms with Crippen molar-refractivity contribution in [2.75, 3.05) is 5.32 Å². The summed E-state index contributed by atoms with van der Waals surface area (Å²) in [6, 6.07) is 7.75. The molecule has 0 atom stereocenters. The van der Waals surface area contributed by atoms with Crippen LogP contribution < -0.4 is 5.32 Å². The number of aromatic nitrogens is 2. The summed E-state index contributed by atoms with van der Waals surface area (Å²) in [5.74, 6) is 1.69. The fourth-order valence-electron chi connectivity index (χ4n) is 2.08. The molecule has 0 saturated heterocycles. The van der Waals surface area contributed by atoms with Gasteiger partial charge in [0.2, 0.25) is 0 Å². The Morgan fingerprint density at radius 3 is 2.70 bits per heavy atom. The summed E-state index contributed by atoms with van der Waals surface area (Å²) in [5, 5.41) is 3.51. The highest BCUT2D eigenvalue weighted by Gasteiger charge is 2.20. The van der Waals surface area contributed by atoms with Gasteiger partial charge in [-0.25, -0.2) is 4.98 Å². The van der Waals surface area contributed by atoms with E-state index in [1.165, 1.54) is 0 Å². The largest absolute Gasteiger partial charge is 0.463 e. The van der Waals surface area contributed by atoms with Gasteiger partial charge in [0, 0.05) is 16.2 Å². The van der Waals surface area contributed by atoms with E-state index in [9.17, 15) is 0 Å². The van der Waals surface area contributed by atoms with Crippen molar-refractivity contribution < 1.29 is 4.42 Å². The van der Waals surface area contributed by atoms with E-state index < -0.39 is 0 Å². The zero-order chi connectivity index (χ0) is 14.3. The number of furan rings is 1. The third kappa shape index (κ3) is 2.45. The Labute approximate surface area is 125 Å². The van der Waals surface area contributed by atoms with Crippen LogP contribution in [0.25, 0.3) is 17.1 Å². The summed E-state index contributed by atoms with van der Waals surface area (Å²) in [6.45, 7) is 6.36. The van der Waals surface area contributed by atoms with Gasteiger partial charge in [0.15, 0.2) is 5.76 Å². The monoisotopic (exact) mass is 333 g/mol. The SMILES string of the molecule is CC(C)(C)Nc1c(-c2ccco2)nc2ccc(Br)cn12. The van der Waals surface area contributed by atoms with Crippen molar-refractivity contribution in [2.24, 2.45) is 0 Å². The molecule has 3 rings (SSSR count). The molecule has 3 aromatic heterocycles. The highest BCUT2D eigenvalue weighted by Crippen LogP contribution is 2.31. The number of nitrogens with zero attached hydrogens (tertiary/aromatic N) is 2. The topological polar surface area (TPSA) is 42.5 Å². The smallest absolute Gasteiger partial charge is 0.156 e. The molecule has 1 N–H and O–H groups in total. The fourth-order valence-corrected chi connectivity index (χ4v) is 2.42. The molecule has 0 radical (unpaired) electrons. The van der Waals surface area contributed by atoms with Crippen LogP contribution in [0, 0.1) is 0 Å². The predicted molar refractivity (Wildman–Crippen MR) is 84.0 cm³/mol. The highest BCUT2D eigenvalue weighted by molar-refractivity contribution is 9.10. The van der Waals surface area contributed by atoms with Gasteiger partial charge in [-0.1, -0.05) is 0 Å². The molecule has 5 heteroatoms. The molecule has 3 aromatic rings. The summed E-state index contributed by atoms with van der Waals surface area (Å²) < 4.78 is 8.55. The summed E-state index contributed by atoms with van der Waals surface area (Å²) in [5.41, 5.74) is 1.63. The lowest BCUT2D eigenvalue weighted by atomic mass is 10.1. The zero-order valence-electron chi connectivity index (χ0n) is 11.6. The first-order chi connectivity index (χ1) is 9.44. The molecule has 0 aromatic carbocycles. The number of pyridine rings is 1. The van der Waals surface area contributed by atoms with Crippen LogP contribution in [-0.4, -0.2) is 14.9 Å². The lowest BCUT2D eigenvalue weighted by Gasteiger charge is -2.22. The van der Waals surface area contributed by atoms with E-state index >= 15 is 0 Å². The van der Waals surface area contributed by atoms with Gasteiger partial charge in [-0.05, 0) is 61.0 Å². The molecule has 0 unspecified atom stereocenters. The van der Waals surface area contributed by atoms with Gasteiger partial charge in [-0.3, -0.25) is 4.40 Å². The maximum atomic E-state index is 5.51. The summed E-state index contributed by atoms with van der Waals surface area (Å²) in [4.78, 5) is 4.67. The van der Waals surface area contributed by atoms with Crippen molar-refractivity contribution in [3.63, 3.8) is 0 Å². The average Bonchev–Trinajstić information content (AvgIpc) is 2.96. The van der Waals surface area contributed by atoms with Crippen LogP contribution in [0.1, 0.15) is 20.8 Å². The standard InChI is InChI=1S/C15H16BrN3O/c1-15(2,3)18-14-13(11-5-4-8-20-11)17-12-7-6-10(16)9-19(12)14/h4-9,18H,1-3H3. The number of hydrogen-bond donors (Lipinski definition) is 1. The second kappa shape index (κ2) is 4.66. The minimum Gasteiger partial charge on any atom is -0.463 e. The van der Waals surface area contributed by atoms with E-state index in [4.69, 9.17) is 4.42 Å².